The topological polar surface area (TPSA) is 43.8 Å². The highest BCUT2D eigenvalue weighted by Crippen LogP contribution is 2.34. The fourth-order valence-electron chi connectivity index (χ4n) is 4.29. The molecular formula is C18H34N2O2. The van der Waals surface area contributed by atoms with Crippen LogP contribution in [0, 0.1) is 17.8 Å². The molecule has 0 amide bonds. The summed E-state index contributed by atoms with van der Waals surface area (Å²) in [4.78, 5) is 15.4. The van der Waals surface area contributed by atoms with Crippen molar-refractivity contribution in [2.45, 2.75) is 58.4 Å². The number of likely N-dealkylation sites (tertiary alicyclic amines) is 1. The predicted molar refractivity (Wildman–Crippen MR) is 90.0 cm³/mol. The summed E-state index contributed by atoms with van der Waals surface area (Å²) in [7, 11) is 1.95. The summed E-state index contributed by atoms with van der Waals surface area (Å²) in [5.41, 5.74) is 0. The Morgan fingerprint density at radius 2 is 1.73 bits per heavy atom. The molecule has 1 aliphatic heterocycles. The van der Waals surface area contributed by atoms with Crippen molar-refractivity contribution in [3.8, 4) is 0 Å². The van der Waals surface area contributed by atoms with Crippen LogP contribution in [-0.2, 0) is 4.79 Å². The van der Waals surface area contributed by atoms with Crippen molar-refractivity contribution in [3.05, 3.63) is 0 Å². The largest absolute Gasteiger partial charge is 0.480 e. The number of rotatable bonds is 6. The van der Waals surface area contributed by atoms with Crippen LogP contribution in [0.3, 0.4) is 0 Å². The first-order valence-corrected chi connectivity index (χ1v) is 9.10. The van der Waals surface area contributed by atoms with E-state index in [9.17, 15) is 4.79 Å². The van der Waals surface area contributed by atoms with Gasteiger partial charge in [0.05, 0.1) is 6.54 Å². The molecule has 2 fully saturated rings. The van der Waals surface area contributed by atoms with Gasteiger partial charge in [-0.15, -0.1) is 0 Å². The first-order chi connectivity index (χ1) is 10.5. The minimum atomic E-state index is -0.716. The Hall–Kier alpha value is -0.610. The molecule has 128 valence electrons. The van der Waals surface area contributed by atoms with Gasteiger partial charge in [0.2, 0.25) is 0 Å². The van der Waals surface area contributed by atoms with E-state index in [0.717, 1.165) is 43.7 Å². The van der Waals surface area contributed by atoms with Crippen molar-refractivity contribution in [2.75, 3.05) is 33.2 Å². The van der Waals surface area contributed by atoms with Gasteiger partial charge in [-0.25, -0.2) is 0 Å². The van der Waals surface area contributed by atoms with Crippen molar-refractivity contribution < 1.29 is 9.90 Å². The minimum Gasteiger partial charge on any atom is -0.480 e. The maximum atomic E-state index is 10.8. The second kappa shape index (κ2) is 8.30. The number of carboxylic acid groups (broad SMARTS) is 1. The van der Waals surface area contributed by atoms with E-state index in [1.165, 1.54) is 32.2 Å². The van der Waals surface area contributed by atoms with Gasteiger partial charge in [0, 0.05) is 12.6 Å². The molecule has 0 unspecified atom stereocenters. The molecule has 1 N–H and O–H groups in total. The van der Waals surface area contributed by atoms with Crippen LogP contribution in [0.15, 0.2) is 0 Å². The lowest BCUT2D eigenvalue weighted by Crippen LogP contribution is -2.46. The molecule has 1 saturated carbocycles. The SMILES string of the molecule is CC(C)C1CCC(CN2CCC(N(C)CC(=O)O)CC2)CC1. The van der Waals surface area contributed by atoms with Gasteiger partial charge in [-0.2, -0.15) is 0 Å². The summed E-state index contributed by atoms with van der Waals surface area (Å²) in [6.07, 6.45) is 7.87. The molecule has 0 aromatic carbocycles. The van der Waals surface area contributed by atoms with E-state index in [1.54, 1.807) is 0 Å². The van der Waals surface area contributed by atoms with Gasteiger partial charge in [0.1, 0.15) is 0 Å². The monoisotopic (exact) mass is 310 g/mol. The summed E-state index contributed by atoms with van der Waals surface area (Å²) in [6.45, 7) is 8.44. The number of likely N-dealkylation sites (N-methyl/N-ethyl adjacent to an activating group) is 1. The van der Waals surface area contributed by atoms with Crippen LogP contribution in [0.1, 0.15) is 52.4 Å². The first kappa shape index (κ1) is 17.7. The zero-order valence-electron chi connectivity index (χ0n) is 14.6. The molecule has 4 nitrogen and oxygen atoms in total. The lowest BCUT2D eigenvalue weighted by molar-refractivity contribution is -0.138. The lowest BCUT2D eigenvalue weighted by atomic mass is 9.77. The molecule has 1 heterocycles. The Morgan fingerprint density at radius 1 is 1.14 bits per heavy atom. The van der Waals surface area contributed by atoms with Gasteiger partial charge in [-0.1, -0.05) is 13.8 Å². The zero-order chi connectivity index (χ0) is 16.1. The average Bonchev–Trinajstić information content (AvgIpc) is 2.48. The predicted octanol–water partition coefficient (Wildman–Crippen LogP) is 2.93. The Labute approximate surface area is 135 Å². The third kappa shape index (κ3) is 5.24. The van der Waals surface area contributed by atoms with Crippen LogP contribution in [-0.4, -0.2) is 60.1 Å². The average molecular weight is 310 g/mol. The van der Waals surface area contributed by atoms with Gasteiger partial charge in [-0.05, 0) is 76.4 Å². The van der Waals surface area contributed by atoms with Crippen molar-refractivity contribution in [3.63, 3.8) is 0 Å². The molecule has 0 aromatic heterocycles. The summed E-state index contributed by atoms with van der Waals surface area (Å²) in [6, 6.07) is 0.448. The number of hydrogen-bond acceptors (Lipinski definition) is 3. The number of hydrogen-bond donors (Lipinski definition) is 1. The second-order valence-electron chi connectivity index (χ2n) is 7.87. The van der Waals surface area contributed by atoms with Crippen LogP contribution in [0.25, 0.3) is 0 Å². The Bertz CT molecular complexity index is 343. The highest BCUT2D eigenvalue weighted by atomic mass is 16.4. The van der Waals surface area contributed by atoms with Crippen molar-refractivity contribution >= 4 is 5.97 Å². The van der Waals surface area contributed by atoms with Crippen molar-refractivity contribution in [2.24, 2.45) is 17.8 Å². The minimum absolute atomic E-state index is 0.171. The smallest absolute Gasteiger partial charge is 0.317 e. The molecule has 0 atom stereocenters. The molecule has 0 bridgehead atoms. The summed E-state index contributed by atoms with van der Waals surface area (Å²) in [5, 5.41) is 8.89. The fourth-order valence-corrected chi connectivity index (χ4v) is 4.29. The van der Waals surface area contributed by atoms with E-state index < -0.39 is 5.97 Å². The number of carbonyl (C=O) groups is 1. The van der Waals surface area contributed by atoms with Crippen LogP contribution < -0.4 is 0 Å². The highest BCUT2D eigenvalue weighted by Gasteiger charge is 2.27. The van der Waals surface area contributed by atoms with Crippen LogP contribution in [0.5, 0.6) is 0 Å². The number of aliphatic carboxylic acids is 1. The zero-order valence-corrected chi connectivity index (χ0v) is 14.6. The molecule has 2 rings (SSSR count). The molecule has 1 saturated heterocycles. The fraction of sp³-hybridized carbons (Fsp3) is 0.944. The van der Waals surface area contributed by atoms with E-state index >= 15 is 0 Å². The summed E-state index contributed by atoms with van der Waals surface area (Å²) in [5.74, 6) is 1.98. The molecule has 22 heavy (non-hydrogen) atoms. The van der Waals surface area contributed by atoms with Gasteiger partial charge in [-0.3, -0.25) is 9.69 Å². The highest BCUT2D eigenvalue weighted by molar-refractivity contribution is 5.69. The van der Waals surface area contributed by atoms with E-state index in [1.807, 2.05) is 11.9 Å². The normalized spacial score (nSPS) is 28.4. The second-order valence-corrected chi connectivity index (χ2v) is 7.87. The van der Waals surface area contributed by atoms with Gasteiger partial charge in [0.25, 0.3) is 0 Å². The number of carboxylic acids is 1. The lowest BCUT2D eigenvalue weighted by Gasteiger charge is -2.39. The van der Waals surface area contributed by atoms with E-state index in [-0.39, 0.29) is 6.54 Å². The van der Waals surface area contributed by atoms with Crippen molar-refractivity contribution in [1.82, 2.24) is 9.80 Å². The maximum Gasteiger partial charge on any atom is 0.317 e. The van der Waals surface area contributed by atoms with Crippen molar-refractivity contribution in [1.29, 1.82) is 0 Å². The molecule has 0 aromatic rings. The first-order valence-electron chi connectivity index (χ1n) is 9.10. The Balaban J connectivity index is 1.67. The van der Waals surface area contributed by atoms with Crippen LogP contribution >= 0.6 is 0 Å². The Kier molecular flexibility index (Phi) is 6.69. The van der Waals surface area contributed by atoms with Gasteiger partial charge < -0.3 is 10.0 Å². The van der Waals surface area contributed by atoms with E-state index in [0.29, 0.717) is 6.04 Å². The quantitative estimate of drug-likeness (QED) is 0.819. The number of piperidine rings is 1. The van der Waals surface area contributed by atoms with Crippen LogP contribution in [0.4, 0.5) is 0 Å². The Morgan fingerprint density at radius 3 is 2.23 bits per heavy atom. The molecular weight excluding hydrogens is 276 g/mol. The van der Waals surface area contributed by atoms with Gasteiger partial charge in [0.15, 0.2) is 0 Å². The maximum absolute atomic E-state index is 10.8. The number of nitrogens with zero attached hydrogens (tertiary/aromatic N) is 2. The molecule has 0 spiro atoms. The van der Waals surface area contributed by atoms with Crippen LogP contribution in [0.2, 0.25) is 0 Å². The standard InChI is InChI=1S/C18H34N2O2/c1-14(2)16-6-4-15(5-7-16)12-20-10-8-17(9-11-20)19(3)13-18(21)22/h14-17H,4-13H2,1-3H3,(H,21,22). The van der Waals surface area contributed by atoms with Gasteiger partial charge >= 0.3 is 5.97 Å². The third-order valence-electron chi connectivity index (χ3n) is 5.92. The summed E-state index contributed by atoms with van der Waals surface area (Å²) >= 11 is 0. The van der Waals surface area contributed by atoms with E-state index in [4.69, 9.17) is 5.11 Å². The molecule has 1 aliphatic carbocycles. The molecule has 0 radical (unpaired) electrons. The third-order valence-corrected chi connectivity index (χ3v) is 5.92. The van der Waals surface area contributed by atoms with E-state index in [2.05, 4.69) is 18.7 Å². The molecule has 2 aliphatic rings. The molecule has 4 heteroatoms. The summed E-state index contributed by atoms with van der Waals surface area (Å²) < 4.78 is 0.